The number of hydrogen-bond acceptors (Lipinski definition) is 3. The summed E-state index contributed by atoms with van der Waals surface area (Å²) in [6, 6.07) is 9.50. The average molecular weight is 529 g/mol. The van der Waals surface area contributed by atoms with Gasteiger partial charge in [-0.15, -0.1) is 0 Å². The van der Waals surface area contributed by atoms with Crippen LogP contribution in [0.2, 0.25) is 20.1 Å². The Bertz CT molecular complexity index is 1050. The van der Waals surface area contributed by atoms with E-state index in [1.54, 1.807) is 36.4 Å². The molecule has 2 aromatic carbocycles. The zero-order valence-electron chi connectivity index (χ0n) is 17.9. The van der Waals surface area contributed by atoms with Crippen molar-refractivity contribution in [2.24, 2.45) is 5.92 Å². The molecule has 176 valence electrons. The van der Waals surface area contributed by atoms with Crippen LogP contribution < -0.4 is 16.0 Å². The zero-order chi connectivity index (χ0) is 23.6. The molecule has 0 aromatic heterocycles. The molecule has 1 heterocycles. The summed E-state index contributed by atoms with van der Waals surface area (Å²) in [5.41, 5.74) is 0.713. The second-order valence-electron chi connectivity index (χ2n) is 8.78. The monoisotopic (exact) mass is 527 g/mol. The van der Waals surface area contributed by atoms with Crippen molar-refractivity contribution in [2.75, 3.05) is 19.6 Å². The number of carbonyl (C=O) groups excluding carboxylic acids is 2. The first-order chi connectivity index (χ1) is 15.8. The van der Waals surface area contributed by atoms with Crippen molar-refractivity contribution >= 4 is 58.2 Å². The molecule has 2 amide bonds. The van der Waals surface area contributed by atoms with E-state index in [0.717, 1.165) is 30.6 Å². The molecule has 0 spiro atoms. The fourth-order valence-corrected chi connectivity index (χ4v) is 5.37. The molecule has 2 aromatic rings. The SMILES string of the molecule is O=C(NC[C@H]1CCNC1)C(Cc1ccc(Cl)cc1Cl)NC(=O)C1(c2ccc(Cl)cc2Cl)CC1. The molecular weight excluding hydrogens is 504 g/mol. The van der Waals surface area contributed by atoms with Crippen LogP contribution in [0.1, 0.15) is 30.4 Å². The van der Waals surface area contributed by atoms with Crippen LogP contribution in [0.15, 0.2) is 36.4 Å². The van der Waals surface area contributed by atoms with E-state index in [-0.39, 0.29) is 18.2 Å². The summed E-state index contributed by atoms with van der Waals surface area (Å²) < 4.78 is 0. The standard InChI is InChI=1S/C24H25Cl4N3O2/c25-16-2-1-15(19(27)10-16)9-21(22(32)30-13-14-5-8-29-12-14)31-23(33)24(6-7-24)18-4-3-17(26)11-20(18)28/h1-4,10-11,14,21,29H,5-9,12-13H2,(H,30,32)(H,31,33)/t14-,21?/m0/s1. The van der Waals surface area contributed by atoms with E-state index >= 15 is 0 Å². The second-order valence-corrected chi connectivity index (χ2v) is 10.5. The molecular formula is C24H25Cl4N3O2. The number of hydrogen-bond donors (Lipinski definition) is 3. The van der Waals surface area contributed by atoms with Crippen LogP contribution in [0.3, 0.4) is 0 Å². The molecule has 33 heavy (non-hydrogen) atoms. The van der Waals surface area contributed by atoms with Crippen LogP contribution in [-0.2, 0) is 21.4 Å². The molecule has 3 N–H and O–H groups in total. The van der Waals surface area contributed by atoms with Crippen molar-refractivity contribution in [1.29, 1.82) is 0 Å². The number of rotatable bonds is 8. The van der Waals surface area contributed by atoms with E-state index < -0.39 is 11.5 Å². The van der Waals surface area contributed by atoms with Crippen LogP contribution >= 0.6 is 46.4 Å². The summed E-state index contributed by atoms with van der Waals surface area (Å²) in [6.45, 7) is 2.38. The highest BCUT2D eigenvalue weighted by Crippen LogP contribution is 2.51. The predicted octanol–water partition coefficient (Wildman–Crippen LogP) is 4.79. The lowest BCUT2D eigenvalue weighted by atomic mass is 9.94. The van der Waals surface area contributed by atoms with Crippen molar-refractivity contribution in [2.45, 2.75) is 37.1 Å². The van der Waals surface area contributed by atoms with Crippen molar-refractivity contribution in [3.05, 3.63) is 67.6 Å². The minimum Gasteiger partial charge on any atom is -0.354 e. The Labute approximate surface area is 213 Å². The van der Waals surface area contributed by atoms with Gasteiger partial charge in [0, 0.05) is 33.1 Å². The smallest absolute Gasteiger partial charge is 0.242 e. The Hall–Kier alpha value is -1.50. The quantitative estimate of drug-likeness (QED) is 0.461. The van der Waals surface area contributed by atoms with Crippen molar-refractivity contribution in [3.63, 3.8) is 0 Å². The molecule has 5 nitrogen and oxygen atoms in total. The van der Waals surface area contributed by atoms with Gasteiger partial charge in [-0.25, -0.2) is 0 Å². The molecule has 2 aliphatic rings. The van der Waals surface area contributed by atoms with Crippen LogP contribution in [0.25, 0.3) is 0 Å². The lowest BCUT2D eigenvalue weighted by Gasteiger charge is -2.24. The fraction of sp³-hybridized carbons (Fsp3) is 0.417. The highest BCUT2D eigenvalue weighted by Gasteiger charge is 2.53. The molecule has 1 saturated carbocycles. The first kappa shape index (κ1) is 24.6. The third kappa shape index (κ3) is 5.77. The minimum atomic E-state index is -0.783. The molecule has 2 atom stereocenters. The van der Waals surface area contributed by atoms with Gasteiger partial charge in [0.25, 0.3) is 0 Å². The van der Waals surface area contributed by atoms with Crippen LogP contribution in [0.4, 0.5) is 0 Å². The Kier molecular flexibility index (Phi) is 7.76. The highest BCUT2D eigenvalue weighted by atomic mass is 35.5. The van der Waals surface area contributed by atoms with Crippen molar-refractivity contribution in [1.82, 2.24) is 16.0 Å². The van der Waals surface area contributed by atoms with E-state index in [9.17, 15) is 9.59 Å². The van der Waals surface area contributed by atoms with Gasteiger partial charge in [0.1, 0.15) is 6.04 Å². The average Bonchev–Trinajstić information content (AvgIpc) is 3.40. The van der Waals surface area contributed by atoms with Crippen molar-refractivity contribution in [3.8, 4) is 0 Å². The highest BCUT2D eigenvalue weighted by molar-refractivity contribution is 6.35. The van der Waals surface area contributed by atoms with Gasteiger partial charge in [0.05, 0.1) is 5.41 Å². The molecule has 1 aliphatic heterocycles. The van der Waals surface area contributed by atoms with Gasteiger partial charge >= 0.3 is 0 Å². The molecule has 0 bridgehead atoms. The lowest BCUT2D eigenvalue weighted by Crippen LogP contribution is -2.51. The number of benzene rings is 2. The summed E-state index contributed by atoms with van der Waals surface area (Å²) in [5, 5.41) is 11.2. The van der Waals surface area contributed by atoms with Gasteiger partial charge in [-0.05, 0) is 73.7 Å². The Morgan fingerprint density at radius 3 is 2.33 bits per heavy atom. The Balaban J connectivity index is 1.52. The van der Waals surface area contributed by atoms with Gasteiger partial charge in [-0.2, -0.15) is 0 Å². The minimum absolute atomic E-state index is 0.223. The molecule has 0 radical (unpaired) electrons. The maximum atomic E-state index is 13.4. The van der Waals surface area contributed by atoms with Crippen LogP contribution in [0, 0.1) is 5.92 Å². The van der Waals surface area contributed by atoms with Crippen molar-refractivity contribution < 1.29 is 9.59 Å². The first-order valence-corrected chi connectivity index (χ1v) is 12.5. The first-order valence-electron chi connectivity index (χ1n) is 11.0. The topological polar surface area (TPSA) is 70.2 Å². The van der Waals surface area contributed by atoms with Gasteiger partial charge in [0.15, 0.2) is 0 Å². The molecule has 1 unspecified atom stereocenters. The number of amides is 2. The van der Waals surface area contributed by atoms with Gasteiger partial charge in [-0.1, -0.05) is 58.5 Å². The van der Waals surface area contributed by atoms with E-state index in [1.807, 2.05) is 0 Å². The Morgan fingerprint density at radius 1 is 1.03 bits per heavy atom. The molecule has 1 saturated heterocycles. The fourth-order valence-electron chi connectivity index (χ4n) is 4.29. The molecule has 9 heteroatoms. The van der Waals surface area contributed by atoms with Gasteiger partial charge < -0.3 is 16.0 Å². The summed E-state index contributed by atoms with van der Waals surface area (Å²) in [4.78, 5) is 26.6. The predicted molar refractivity (Wildman–Crippen MR) is 133 cm³/mol. The summed E-state index contributed by atoms with van der Waals surface area (Å²) in [5.74, 6) is -0.0779. The number of halogens is 4. The van der Waals surface area contributed by atoms with E-state index in [4.69, 9.17) is 46.4 Å². The maximum absolute atomic E-state index is 13.4. The summed E-state index contributed by atoms with van der Waals surface area (Å²) in [6.07, 6.45) is 2.58. The third-order valence-electron chi connectivity index (χ3n) is 6.42. The van der Waals surface area contributed by atoms with Gasteiger partial charge in [-0.3, -0.25) is 9.59 Å². The number of carbonyl (C=O) groups is 2. The van der Waals surface area contributed by atoms with E-state index in [0.29, 0.717) is 45.4 Å². The van der Waals surface area contributed by atoms with E-state index in [1.165, 1.54) is 0 Å². The molecule has 4 rings (SSSR count). The summed E-state index contributed by atoms with van der Waals surface area (Å²) in [7, 11) is 0. The molecule has 2 fully saturated rings. The van der Waals surface area contributed by atoms with Crippen LogP contribution in [-0.4, -0.2) is 37.5 Å². The Morgan fingerprint density at radius 2 is 1.73 bits per heavy atom. The van der Waals surface area contributed by atoms with E-state index in [2.05, 4.69) is 16.0 Å². The van der Waals surface area contributed by atoms with Gasteiger partial charge in [0.2, 0.25) is 11.8 Å². The lowest BCUT2D eigenvalue weighted by molar-refractivity contribution is -0.130. The third-order valence-corrected chi connectivity index (χ3v) is 7.55. The zero-order valence-corrected chi connectivity index (χ0v) is 20.9. The number of nitrogens with one attached hydrogen (secondary N) is 3. The maximum Gasteiger partial charge on any atom is 0.242 e. The van der Waals surface area contributed by atoms with Crippen LogP contribution in [0.5, 0.6) is 0 Å². The molecule has 1 aliphatic carbocycles. The second kappa shape index (κ2) is 10.4. The largest absolute Gasteiger partial charge is 0.354 e. The summed E-state index contributed by atoms with van der Waals surface area (Å²) >= 11 is 24.8. The normalized spacial score (nSPS) is 19.7.